The molecule has 2 aromatic rings. The first-order chi connectivity index (χ1) is 8.32. The van der Waals surface area contributed by atoms with Crippen molar-refractivity contribution in [1.82, 2.24) is 9.78 Å². The van der Waals surface area contributed by atoms with E-state index in [0.29, 0.717) is 16.9 Å². The Labute approximate surface area is 108 Å². The number of aryl methyl sites for hydroxylation is 1. The molecule has 0 fully saturated rings. The summed E-state index contributed by atoms with van der Waals surface area (Å²) in [6.45, 7) is 0.810. The highest BCUT2D eigenvalue weighted by Gasteiger charge is 2.31. The van der Waals surface area contributed by atoms with Gasteiger partial charge in [0.15, 0.2) is 0 Å². The Kier molecular flexibility index (Phi) is 3.02. The molecule has 0 unspecified atom stereocenters. The molecule has 0 bridgehead atoms. The number of hydrogen-bond donors (Lipinski definition) is 1. The fourth-order valence-corrected chi connectivity index (χ4v) is 2.19. The van der Waals surface area contributed by atoms with Crippen LogP contribution < -0.4 is 5.73 Å². The van der Waals surface area contributed by atoms with Crippen molar-refractivity contribution in [3.63, 3.8) is 0 Å². The summed E-state index contributed by atoms with van der Waals surface area (Å²) in [6.07, 6.45) is 1.45. The van der Waals surface area contributed by atoms with Crippen molar-refractivity contribution >= 4 is 17.4 Å². The first kappa shape index (κ1) is 12.8. The average Bonchev–Trinajstić information content (AvgIpc) is 2.57. The number of hydrogen-bond acceptors (Lipinski definition) is 2. The minimum Gasteiger partial charge on any atom is -0.383 e. The Morgan fingerprint density at radius 3 is 2.50 bits per heavy atom. The van der Waals surface area contributed by atoms with E-state index in [4.69, 9.17) is 17.3 Å². The fraction of sp³-hybridized carbons (Fsp3) is 0.250. The van der Waals surface area contributed by atoms with Gasteiger partial charge in [-0.05, 0) is 11.6 Å². The summed E-state index contributed by atoms with van der Waals surface area (Å²) in [5, 5.41) is 3.97. The molecule has 96 valence electrons. The van der Waals surface area contributed by atoms with Crippen LogP contribution in [0.25, 0.3) is 11.1 Å². The van der Waals surface area contributed by atoms with Crippen LogP contribution in [-0.4, -0.2) is 9.78 Å². The van der Waals surface area contributed by atoms with Crippen LogP contribution >= 0.6 is 11.6 Å². The molecule has 0 radical (unpaired) electrons. The number of anilines is 1. The lowest BCUT2D eigenvalue weighted by molar-refractivity contribution is 0.0182. The summed E-state index contributed by atoms with van der Waals surface area (Å²) in [5.74, 6) is -2.72. The molecule has 3 nitrogen and oxygen atoms in total. The average molecular weight is 272 g/mol. The van der Waals surface area contributed by atoms with Gasteiger partial charge in [-0.3, -0.25) is 4.68 Å². The van der Waals surface area contributed by atoms with Gasteiger partial charge in [0.05, 0.1) is 11.2 Å². The first-order valence-electron chi connectivity index (χ1n) is 5.27. The molecule has 2 N–H and O–H groups in total. The molecule has 0 aliphatic carbocycles. The Morgan fingerprint density at radius 1 is 1.33 bits per heavy atom. The molecule has 0 saturated carbocycles. The largest absolute Gasteiger partial charge is 0.383 e. The van der Waals surface area contributed by atoms with E-state index >= 15 is 0 Å². The van der Waals surface area contributed by atoms with Gasteiger partial charge in [0.25, 0.3) is 5.92 Å². The van der Waals surface area contributed by atoms with Crippen molar-refractivity contribution in [2.24, 2.45) is 7.05 Å². The van der Waals surface area contributed by atoms with Crippen molar-refractivity contribution in [3.05, 3.63) is 35.0 Å². The van der Waals surface area contributed by atoms with E-state index in [1.807, 2.05) is 0 Å². The molecule has 1 aromatic heterocycles. The lowest BCUT2D eigenvalue weighted by Gasteiger charge is -2.17. The van der Waals surface area contributed by atoms with Crippen molar-refractivity contribution in [1.29, 1.82) is 0 Å². The SMILES string of the molecule is Cn1ncc(-c2cccc(Cl)c2C(C)(F)F)c1N. The smallest absolute Gasteiger partial charge is 0.272 e. The van der Waals surface area contributed by atoms with Crippen LogP contribution in [0.2, 0.25) is 5.02 Å². The number of nitrogens with two attached hydrogens (primary N) is 1. The number of rotatable bonds is 2. The molecular formula is C12H12ClF2N3. The van der Waals surface area contributed by atoms with Gasteiger partial charge in [0.2, 0.25) is 0 Å². The quantitative estimate of drug-likeness (QED) is 0.909. The van der Waals surface area contributed by atoms with Gasteiger partial charge in [0, 0.05) is 25.1 Å². The van der Waals surface area contributed by atoms with Gasteiger partial charge in [-0.15, -0.1) is 0 Å². The van der Waals surface area contributed by atoms with E-state index in [2.05, 4.69) is 5.10 Å². The van der Waals surface area contributed by atoms with Crippen molar-refractivity contribution in [3.8, 4) is 11.1 Å². The second kappa shape index (κ2) is 4.24. The number of nitrogen functional groups attached to an aromatic ring is 1. The summed E-state index contributed by atoms with van der Waals surface area (Å²) in [4.78, 5) is 0. The molecule has 18 heavy (non-hydrogen) atoms. The zero-order chi connectivity index (χ0) is 13.5. The van der Waals surface area contributed by atoms with Gasteiger partial charge in [-0.1, -0.05) is 23.7 Å². The highest BCUT2D eigenvalue weighted by Crippen LogP contribution is 2.41. The maximum atomic E-state index is 13.6. The predicted octanol–water partition coefficient (Wildman–Crippen LogP) is 3.43. The molecule has 6 heteroatoms. The normalized spacial score (nSPS) is 11.8. The van der Waals surface area contributed by atoms with Crippen molar-refractivity contribution in [2.75, 3.05) is 5.73 Å². The first-order valence-corrected chi connectivity index (χ1v) is 5.65. The lowest BCUT2D eigenvalue weighted by Crippen LogP contribution is -2.10. The Hall–Kier alpha value is -1.62. The number of aromatic nitrogens is 2. The zero-order valence-corrected chi connectivity index (χ0v) is 10.7. The number of alkyl halides is 2. The topological polar surface area (TPSA) is 43.8 Å². The fourth-order valence-electron chi connectivity index (χ4n) is 1.85. The summed E-state index contributed by atoms with van der Waals surface area (Å²) in [6, 6.07) is 4.61. The van der Waals surface area contributed by atoms with Crippen LogP contribution in [0.3, 0.4) is 0 Å². The Bertz CT molecular complexity index is 587. The predicted molar refractivity (Wildman–Crippen MR) is 67.6 cm³/mol. The van der Waals surface area contributed by atoms with E-state index in [0.717, 1.165) is 6.92 Å². The van der Waals surface area contributed by atoms with Gasteiger partial charge in [-0.2, -0.15) is 5.10 Å². The molecule has 0 amide bonds. The van der Waals surface area contributed by atoms with Crippen LogP contribution in [0.4, 0.5) is 14.6 Å². The number of halogens is 3. The van der Waals surface area contributed by atoms with Gasteiger partial charge in [0.1, 0.15) is 5.82 Å². The summed E-state index contributed by atoms with van der Waals surface area (Å²) >= 11 is 5.88. The van der Waals surface area contributed by atoms with Gasteiger partial charge < -0.3 is 5.73 Å². The van der Waals surface area contributed by atoms with E-state index in [1.165, 1.54) is 16.9 Å². The highest BCUT2D eigenvalue weighted by molar-refractivity contribution is 6.31. The van der Waals surface area contributed by atoms with Gasteiger partial charge >= 0.3 is 0 Å². The van der Waals surface area contributed by atoms with Crippen molar-refractivity contribution < 1.29 is 8.78 Å². The zero-order valence-electron chi connectivity index (χ0n) is 9.92. The second-order valence-electron chi connectivity index (χ2n) is 4.12. The maximum Gasteiger partial charge on any atom is 0.272 e. The van der Waals surface area contributed by atoms with E-state index in [1.54, 1.807) is 19.2 Å². The van der Waals surface area contributed by atoms with Crippen LogP contribution in [0.1, 0.15) is 12.5 Å². The van der Waals surface area contributed by atoms with E-state index in [-0.39, 0.29) is 10.6 Å². The number of benzene rings is 1. The minimum absolute atomic E-state index is 0.0169. The molecule has 2 rings (SSSR count). The Balaban J connectivity index is 2.73. The summed E-state index contributed by atoms with van der Waals surface area (Å²) in [5.41, 5.74) is 6.34. The van der Waals surface area contributed by atoms with Crippen LogP contribution in [0.5, 0.6) is 0 Å². The lowest BCUT2D eigenvalue weighted by atomic mass is 9.97. The van der Waals surface area contributed by atoms with E-state index in [9.17, 15) is 8.78 Å². The number of nitrogens with zero attached hydrogens (tertiary/aromatic N) is 2. The second-order valence-corrected chi connectivity index (χ2v) is 4.53. The standard InChI is InChI=1S/C12H12ClF2N3/c1-12(14,15)10-7(4-3-5-9(10)13)8-6-17-18(2)11(8)16/h3-6H,16H2,1-2H3. The van der Waals surface area contributed by atoms with Crippen LogP contribution in [0, 0.1) is 0 Å². The third-order valence-electron chi connectivity index (χ3n) is 2.73. The summed E-state index contributed by atoms with van der Waals surface area (Å²) in [7, 11) is 1.65. The van der Waals surface area contributed by atoms with Crippen LogP contribution in [-0.2, 0) is 13.0 Å². The Morgan fingerprint density at radius 2 is 2.00 bits per heavy atom. The third kappa shape index (κ3) is 2.06. The highest BCUT2D eigenvalue weighted by atomic mass is 35.5. The molecule has 1 heterocycles. The van der Waals surface area contributed by atoms with Crippen LogP contribution in [0.15, 0.2) is 24.4 Å². The maximum absolute atomic E-state index is 13.6. The molecule has 1 aromatic carbocycles. The molecule has 0 saturated heterocycles. The molecular weight excluding hydrogens is 260 g/mol. The molecule has 0 aliphatic rings. The third-order valence-corrected chi connectivity index (χ3v) is 3.04. The summed E-state index contributed by atoms with van der Waals surface area (Å²) < 4.78 is 28.7. The molecule has 0 spiro atoms. The molecule has 0 aliphatic heterocycles. The van der Waals surface area contributed by atoms with E-state index < -0.39 is 5.92 Å². The molecule has 0 atom stereocenters. The van der Waals surface area contributed by atoms with Gasteiger partial charge in [-0.25, -0.2) is 8.78 Å². The van der Waals surface area contributed by atoms with Crippen molar-refractivity contribution in [2.45, 2.75) is 12.8 Å². The monoisotopic (exact) mass is 271 g/mol. The minimum atomic E-state index is -3.05.